The summed E-state index contributed by atoms with van der Waals surface area (Å²) in [5, 5.41) is 0. The summed E-state index contributed by atoms with van der Waals surface area (Å²) >= 11 is 0. The smallest absolute Gasteiger partial charge is 0.246 e. The summed E-state index contributed by atoms with van der Waals surface area (Å²) in [6.45, 7) is 0.251. The van der Waals surface area contributed by atoms with Gasteiger partial charge in [-0.2, -0.15) is 9.29 Å². The summed E-state index contributed by atoms with van der Waals surface area (Å²) in [5.41, 5.74) is 0. The highest BCUT2D eigenvalue weighted by atomic mass is 32.2. The van der Waals surface area contributed by atoms with E-state index in [1.165, 1.54) is 19.5 Å². The summed E-state index contributed by atoms with van der Waals surface area (Å²) in [7, 11) is -2.65. The molecule has 0 aliphatic carbocycles. The molecule has 2 aromatic rings. The second-order valence-electron chi connectivity index (χ2n) is 5.72. The number of benzene rings is 1. The number of hydrogen-bond acceptors (Lipinski definition) is 6. The van der Waals surface area contributed by atoms with Crippen LogP contribution in [0.5, 0.6) is 11.8 Å². The molecule has 7 nitrogen and oxygen atoms in total. The van der Waals surface area contributed by atoms with Crippen LogP contribution in [-0.4, -0.2) is 49.0 Å². The summed E-state index contributed by atoms with van der Waals surface area (Å²) in [6.07, 6.45) is 3.49. The Morgan fingerprint density at radius 2 is 2.00 bits per heavy atom. The van der Waals surface area contributed by atoms with Gasteiger partial charge in [0, 0.05) is 12.6 Å². The molecule has 2 heterocycles. The molecule has 1 aliphatic heterocycles. The van der Waals surface area contributed by atoms with Gasteiger partial charge < -0.3 is 9.47 Å². The van der Waals surface area contributed by atoms with Crippen molar-refractivity contribution in [2.45, 2.75) is 23.8 Å². The molecule has 3 rings (SSSR count). The van der Waals surface area contributed by atoms with Crippen molar-refractivity contribution in [1.82, 2.24) is 14.3 Å². The molecule has 0 amide bonds. The monoisotopic (exact) mass is 385 g/mol. The van der Waals surface area contributed by atoms with E-state index in [2.05, 4.69) is 9.97 Å². The van der Waals surface area contributed by atoms with E-state index in [-0.39, 0.29) is 24.8 Å². The maximum atomic E-state index is 13.9. The van der Waals surface area contributed by atoms with Crippen LogP contribution >= 0.6 is 0 Å². The van der Waals surface area contributed by atoms with Crippen LogP contribution in [0, 0.1) is 11.6 Å². The predicted molar refractivity (Wildman–Crippen MR) is 87.4 cm³/mol. The van der Waals surface area contributed by atoms with Gasteiger partial charge in [-0.1, -0.05) is 0 Å². The molecule has 0 radical (unpaired) electrons. The molecule has 1 aromatic heterocycles. The Morgan fingerprint density at radius 3 is 2.73 bits per heavy atom. The summed E-state index contributed by atoms with van der Waals surface area (Å²) in [5.74, 6) is -1.47. The minimum Gasteiger partial charge on any atom is -0.480 e. The van der Waals surface area contributed by atoms with E-state index in [1.807, 2.05) is 0 Å². The molecule has 1 fully saturated rings. The third kappa shape index (κ3) is 3.91. The van der Waals surface area contributed by atoms with Gasteiger partial charge in [0.05, 0.1) is 26.0 Å². The lowest BCUT2D eigenvalue weighted by Gasteiger charge is -2.31. The van der Waals surface area contributed by atoms with Gasteiger partial charge in [0.25, 0.3) is 0 Å². The van der Waals surface area contributed by atoms with Gasteiger partial charge in [0.2, 0.25) is 21.8 Å². The highest BCUT2D eigenvalue weighted by Gasteiger charge is 2.33. The number of nitrogens with zero attached hydrogens (tertiary/aromatic N) is 3. The number of hydrogen-bond donors (Lipinski definition) is 0. The number of methoxy groups -OCH3 is 1. The van der Waals surface area contributed by atoms with E-state index < -0.39 is 32.7 Å². The average molecular weight is 385 g/mol. The molecule has 1 aromatic carbocycles. The van der Waals surface area contributed by atoms with Gasteiger partial charge in [-0.05, 0) is 25.0 Å². The Balaban J connectivity index is 1.77. The van der Waals surface area contributed by atoms with Crippen LogP contribution in [0.3, 0.4) is 0 Å². The van der Waals surface area contributed by atoms with Crippen molar-refractivity contribution in [2.24, 2.45) is 0 Å². The molecule has 1 atom stereocenters. The van der Waals surface area contributed by atoms with Crippen LogP contribution in [0.25, 0.3) is 0 Å². The van der Waals surface area contributed by atoms with Crippen LogP contribution in [0.2, 0.25) is 0 Å². The fraction of sp³-hybridized carbons (Fsp3) is 0.375. The van der Waals surface area contributed by atoms with E-state index in [1.54, 1.807) is 0 Å². The zero-order valence-electron chi connectivity index (χ0n) is 13.9. The van der Waals surface area contributed by atoms with Crippen molar-refractivity contribution in [3.8, 4) is 11.8 Å². The zero-order chi connectivity index (χ0) is 18.7. The van der Waals surface area contributed by atoms with Crippen molar-refractivity contribution >= 4 is 10.0 Å². The Bertz CT molecular complexity index is 895. The van der Waals surface area contributed by atoms with Crippen LogP contribution in [0.1, 0.15) is 12.8 Å². The van der Waals surface area contributed by atoms with Gasteiger partial charge in [-0.15, -0.1) is 0 Å². The molecule has 1 aliphatic rings. The molecular formula is C16H17F2N3O4S. The van der Waals surface area contributed by atoms with Crippen LogP contribution in [0.4, 0.5) is 8.78 Å². The van der Waals surface area contributed by atoms with E-state index in [0.717, 1.165) is 16.4 Å². The predicted octanol–water partition coefficient (Wildman–Crippen LogP) is 2.00. The summed E-state index contributed by atoms with van der Waals surface area (Å²) < 4.78 is 64.1. The summed E-state index contributed by atoms with van der Waals surface area (Å²) in [4.78, 5) is 7.45. The molecule has 26 heavy (non-hydrogen) atoms. The van der Waals surface area contributed by atoms with Crippen molar-refractivity contribution in [2.75, 3.05) is 20.2 Å². The van der Waals surface area contributed by atoms with Crippen molar-refractivity contribution in [3.05, 3.63) is 42.2 Å². The fourth-order valence-corrected chi connectivity index (χ4v) is 4.26. The third-order valence-electron chi connectivity index (χ3n) is 3.94. The number of aromatic nitrogens is 2. The van der Waals surface area contributed by atoms with Crippen LogP contribution in [-0.2, 0) is 10.0 Å². The Morgan fingerprint density at radius 1 is 1.23 bits per heavy atom. The van der Waals surface area contributed by atoms with Gasteiger partial charge in [-0.3, -0.25) is 4.98 Å². The molecule has 0 spiro atoms. The van der Waals surface area contributed by atoms with E-state index in [0.29, 0.717) is 18.9 Å². The SMILES string of the molecule is COc1cncc(OC2CCCN(S(=O)(=O)c3ccc(F)cc3F)C2)n1. The lowest BCUT2D eigenvalue weighted by molar-refractivity contribution is 0.123. The average Bonchev–Trinajstić information content (AvgIpc) is 2.62. The van der Waals surface area contributed by atoms with E-state index in [9.17, 15) is 17.2 Å². The van der Waals surface area contributed by atoms with Gasteiger partial charge in [0.1, 0.15) is 22.6 Å². The molecule has 0 bridgehead atoms. The Labute approximate surface area is 149 Å². The number of ether oxygens (including phenoxy) is 2. The Kier molecular flexibility index (Phi) is 5.33. The van der Waals surface area contributed by atoms with E-state index in [4.69, 9.17) is 9.47 Å². The topological polar surface area (TPSA) is 81.6 Å². The summed E-state index contributed by atoms with van der Waals surface area (Å²) in [6, 6.07) is 2.40. The highest BCUT2D eigenvalue weighted by molar-refractivity contribution is 7.89. The number of piperidine rings is 1. The van der Waals surface area contributed by atoms with E-state index >= 15 is 0 Å². The highest BCUT2D eigenvalue weighted by Crippen LogP contribution is 2.25. The normalized spacial score (nSPS) is 18.5. The van der Waals surface area contributed by atoms with Crippen molar-refractivity contribution in [3.63, 3.8) is 0 Å². The molecule has 1 saturated heterocycles. The lowest BCUT2D eigenvalue weighted by Crippen LogP contribution is -2.44. The molecule has 140 valence electrons. The largest absolute Gasteiger partial charge is 0.480 e. The first-order valence-electron chi connectivity index (χ1n) is 7.88. The second-order valence-corrected chi connectivity index (χ2v) is 7.63. The van der Waals surface area contributed by atoms with Crippen molar-refractivity contribution < 1.29 is 26.7 Å². The Hall–Kier alpha value is -2.33. The first-order valence-corrected chi connectivity index (χ1v) is 9.32. The number of sulfonamides is 1. The van der Waals surface area contributed by atoms with Gasteiger partial charge in [-0.25, -0.2) is 17.2 Å². The number of halogens is 2. The standard InChI is InChI=1S/C16H17F2N3O4S/c1-24-15-8-19-9-16(20-15)25-12-3-2-6-21(10-12)26(22,23)14-5-4-11(17)7-13(14)18/h4-5,7-9,12H,2-3,6,10H2,1H3. The van der Waals surface area contributed by atoms with Crippen LogP contribution in [0.15, 0.2) is 35.5 Å². The maximum absolute atomic E-state index is 13.9. The third-order valence-corrected chi connectivity index (χ3v) is 5.84. The van der Waals surface area contributed by atoms with Gasteiger partial charge >= 0.3 is 0 Å². The number of rotatable bonds is 5. The second kappa shape index (κ2) is 7.50. The molecule has 0 N–H and O–H groups in total. The first-order chi connectivity index (χ1) is 12.4. The van der Waals surface area contributed by atoms with Gasteiger partial charge in [0.15, 0.2) is 0 Å². The lowest BCUT2D eigenvalue weighted by atomic mass is 10.1. The maximum Gasteiger partial charge on any atom is 0.246 e. The minimum absolute atomic E-state index is 0.0258. The first kappa shape index (κ1) is 18.5. The van der Waals surface area contributed by atoms with Crippen LogP contribution < -0.4 is 9.47 Å². The quantitative estimate of drug-likeness (QED) is 0.783. The minimum atomic E-state index is -4.10. The molecule has 0 saturated carbocycles. The zero-order valence-corrected chi connectivity index (χ0v) is 14.7. The fourth-order valence-electron chi connectivity index (χ4n) is 2.70. The molecule has 10 heteroatoms. The molecular weight excluding hydrogens is 368 g/mol. The van der Waals surface area contributed by atoms with Crippen molar-refractivity contribution in [1.29, 1.82) is 0 Å². The molecule has 1 unspecified atom stereocenters.